The summed E-state index contributed by atoms with van der Waals surface area (Å²) in [6, 6.07) is 12.2. The molecule has 0 saturated heterocycles. The van der Waals surface area contributed by atoms with Crippen molar-refractivity contribution in [3.63, 3.8) is 0 Å². The van der Waals surface area contributed by atoms with Crippen LogP contribution < -0.4 is 15.4 Å². The molecule has 0 spiro atoms. The Hall–Kier alpha value is -1.72. The van der Waals surface area contributed by atoms with Crippen molar-refractivity contribution >= 4 is 40.0 Å². The minimum absolute atomic E-state index is 0. The molecular weight excluding hydrogens is 506 g/mol. The molecule has 29 heavy (non-hydrogen) atoms. The van der Waals surface area contributed by atoms with Crippen LogP contribution in [-0.4, -0.2) is 35.0 Å². The average molecular weight is 534 g/mol. The summed E-state index contributed by atoms with van der Waals surface area (Å²) in [5, 5.41) is 6.44. The lowest BCUT2D eigenvalue weighted by Crippen LogP contribution is -2.37. The van der Waals surface area contributed by atoms with Crippen LogP contribution in [0.4, 0.5) is 4.39 Å². The Balaban J connectivity index is 0.00000420. The number of hydrogen-bond acceptors (Lipinski definition) is 3. The first-order chi connectivity index (χ1) is 13.3. The summed E-state index contributed by atoms with van der Waals surface area (Å²) in [5.41, 5.74) is 3.70. The maximum absolute atomic E-state index is 13.2. The maximum Gasteiger partial charge on any atom is 0.215 e. The summed E-state index contributed by atoms with van der Waals surface area (Å²) in [6.45, 7) is 3.07. The Labute approximate surface area is 189 Å². The van der Waals surface area contributed by atoms with E-state index in [1.54, 1.807) is 19.2 Å². The molecule has 0 aliphatic rings. The molecule has 160 valence electrons. The molecule has 0 saturated carbocycles. The van der Waals surface area contributed by atoms with Gasteiger partial charge in [0.2, 0.25) is 10.0 Å². The van der Waals surface area contributed by atoms with Crippen molar-refractivity contribution < 1.29 is 12.8 Å². The van der Waals surface area contributed by atoms with E-state index in [1.807, 2.05) is 25.1 Å². The highest BCUT2D eigenvalue weighted by Gasteiger charge is 2.09. The number of nitrogens with zero attached hydrogens (tertiary/aromatic N) is 1. The monoisotopic (exact) mass is 534 g/mol. The third kappa shape index (κ3) is 8.67. The van der Waals surface area contributed by atoms with Crippen LogP contribution in [-0.2, 0) is 28.7 Å². The van der Waals surface area contributed by atoms with Gasteiger partial charge in [-0.1, -0.05) is 30.3 Å². The minimum Gasteiger partial charge on any atom is -0.356 e. The highest BCUT2D eigenvalue weighted by atomic mass is 127. The SMILES string of the molecule is CN=C(NCCc1ccc(F)cc1C)NCc1cccc(CS(=O)(=O)NC)c1.I. The molecule has 3 N–H and O–H groups in total. The molecule has 0 heterocycles. The molecule has 0 aliphatic carbocycles. The molecule has 0 bridgehead atoms. The fourth-order valence-corrected chi connectivity index (χ4v) is 3.55. The van der Waals surface area contributed by atoms with Gasteiger partial charge in [0, 0.05) is 20.1 Å². The predicted octanol–water partition coefficient (Wildman–Crippen LogP) is 2.71. The van der Waals surface area contributed by atoms with Gasteiger partial charge in [-0.3, -0.25) is 4.99 Å². The molecule has 0 fully saturated rings. The van der Waals surface area contributed by atoms with Gasteiger partial charge < -0.3 is 10.6 Å². The van der Waals surface area contributed by atoms with Crippen molar-refractivity contribution in [3.05, 3.63) is 70.5 Å². The summed E-state index contributed by atoms with van der Waals surface area (Å²) in [6.07, 6.45) is 0.754. The quantitative estimate of drug-likeness (QED) is 0.277. The van der Waals surface area contributed by atoms with Crippen LogP contribution in [0.3, 0.4) is 0 Å². The van der Waals surface area contributed by atoms with Crippen molar-refractivity contribution in [1.82, 2.24) is 15.4 Å². The number of hydrogen-bond donors (Lipinski definition) is 3. The molecule has 0 atom stereocenters. The van der Waals surface area contributed by atoms with Crippen LogP contribution in [0.1, 0.15) is 22.3 Å². The second-order valence-corrected chi connectivity index (χ2v) is 8.38. The van der Waals surface area contributed by atoms with E-state index >= 15 is 0 Å². The number of sulfonamides is 1. The van der Waals surface area contributed by atoms with Crippen LogP contribution in [0.25, 0.3) is 0 Å². The summed E-state index contributed by atoms with van der Waals surface area (Å²) >= 11 is 0. The largest absolute Gasteiger partial charge is 0.356 e. The Morgan fingerprint density at radius 3 is 2.48 bits per heavy atom. The third-order valence-electron chi connectivity index (χ3n) is 4.33. The fourth-order valence-electron chi connectivity index (χ4n) is 2.78. The lowest BCUT2D eigenvalue weighted by atomic mass is 10.1. The van der Waals surface area contributed by atoms with E-state index in [9.17, 15) is 12.8 Å². The van der Waals surface area contributed by atoms with Gasteiger partial charge in [0.15, 0.2) is 5.96 Å². The zero-order valence-corrected chi connectivity index (χ0v) is 20.0. The Morgan fingerprint density at radius 1 is 1.10 bits per heavy atom. The topological polar surface area (TPSA) is 82.6 Å². The first-order valence-corrected chi connectivity index (χ1v) is 10.7. The summed E-state index contributed by atoms with van der Waals surface area (Å²) < 4.78 is 38.9. The van der Waals surface area contributed by atoms with Gasteiger partial charge in [-0.2, -0.15) is 0 Å². The van der Waals surface area contributed by atoms with Crippen molar-refractivity contribution in [2.45, 2.75) is 25.6 Å². The summed E-state index contributed by atoms with van der Waals surface area (Å²) in [4.78, 5) is 4.19. The van der Waals surface area contributed by atoms with Gasteiger partial charge in [0.25, 0.3) is 0 Å². The molecule has 0 aliphatic heterocycles. The molecular formula is C20H28FIN4O2S. The average Bonchev–Trinajstić information content (AvgIpc) is 2.66. The first-order valence-electron chi connectivity index (χ1n) is 9.01. The Morgan fingerprint density at radius 2 is 1.83 bits per heavy atom. The van der Waals surface area contributed by atoms with Gasteiger partial charge in [-0.05, 0) is 54.8 Å². The van der Waals surface area contributed by atoms with Crippen molar-refractivity contribution in [1.29, 1.82) is 0 Å². The zero-order chi connectivity index (χ0) is 20.6. The van der Waals surface area contributed by atoms with Crippen LogP contribution >= 0.6 is 24.0 Å². The van der Waals surface area contributed by atoms with E-state index in [0.29, 0.717) is 19.0 Å². The molecule has 0 amide bonds. The van der Waals surface area contributed by atoms with E-state index in [0.717, 1.165) is 28.7 Å². The normalized spacial score (nSPS) is 11.7. The second-order valence-electron chi connectivity index (χ2n) is 6.46. The van der Waals surface area contributed by atoms with Crippen LogP contribution in [0.5, 0.6) is 0 Å². The number of rotatable bonds is 8. The molecule has 2 aromatic carbocycles. The molecule has 6 nitrogen and oxygen atoms in total. The fraction of sp³-hybridized carbons (Fsp3) is 0.350. The van der Waals surface area contributed by atoms with Crippen LogP contribution in [0.15, 0.2) is 47.5 Å². The van der Waals surface area contributed by atoms with E-state index in [2.05, 4.69) is 20.3 Å². The number of halogens is 2. The molecule has 9 heteroatoms. The van der Waals surface area contributed by atoms with E-state index in [1.165, 1.54) is 19.2 Å². The Bertz CT molecular complexity index is 936. The maximum atomic E-state index is 13.2. The van der Waals surface area contributed by atoms with Crippen molar-refractivity contribution in [3.8, 4) is 0 Å². The van der Waals surface area contributed by atoms with E-state index < -0.39 is 10.0 Å². The third-order valence-corrected chi connectivity index (χ3v) is 5.67. The van der Waals surface area contributed by atoms with Crippen molar-refractivity contribution in [2.24, 2.45) is 4.99 Å². The molecule has 2 rings (SSSR count). The highest BCUT2D eigenvalue weighted by molar-refractivity contribution is 14.0. The molecule has 2 aromatic rings. The number of aryl methyl sites for hydroxylation is 1. The molecule has 0 aromatic heterocycles. The van der Waals surface area contributed by atoms with E-state index in [4.69, 9.17) is 0 Å². The van der Waals surface area contributed by atoms with Crippen LogP contribution in [0.2, 0.25) is 0 Å². The number of aliphatic imine (C=N–C) groups is 1. The van der Waals surface area contributed by atoms with Crippen LogP contribution in [0, 0.1) is 12.7 Å². The molecule has 0 radical (unpaired) electrons. The van der Waals surface area contributed by atoms with E-state index in [-0.39, 0.29) is 35.5 Å². The lowest BCUT2D eigenvalue weighted by Gasteiger charge is -2.13. The van der Waals surface area contributed by atoms with Gasteiger partial charge in [-0.15, -0.1) is 24.0 Å². The minimum atomic E-state index is -3.30. The van der Waals surface area contributed by atoms with Gasteiger partial charge in [0.05, 0.1) is 5.75 Å². The Kier molecular flexibility index (Phi) is 10.5. The van der Waals surface area contributed by atoms with Gasteiger partial charge in [0.1, 0.15) is 5.82 Å². The standard InChI is InChI=1S/C20H27FN4O2S.HI/c1-15-11-19(21)8-7-18(15)9-10-24-20(22-2)25-13-16-5-4-6-17(12-16)14-28(26,27)23-3;/h4-8,11-12,23H,9-10,13-14H2,1-3H3,(H2,22,24,25);1H. The van der Waals surface area contributed by atoms with Gasteiger partial charge in [-0.25, -0.2) is 17.5 Å². The predicted molar refractivity (Wildman–Crippen MR) is 127 cm³/mol. The van der Waals surface area contributed by atoms with Gasteiger partial charge >= 0.3 is 0 Å². The summed E-state index contributed by atoms with van der Waals surface area (Å²) in [7, 11) is -0.204. The number of guanidine groups is 1. The highest BCUT2D eigenvalue weighted by Crippen LogP contribution is 2.10. The summed E-state index contributed by atoms with van der Waals surface area (Å²) in [5.74, 6) is 0.367. The lowest BCUT2D eigenvalue weighted by molar-refractivity contribution is 0.587. The number of nitrogens with one attached hydrogen (secondary N) is 3. The number of benzene rings is 2. The zero-order valence-electron chi connectivity index (χ0n) is 16.8. The molecule has 0 unspecified atom stereocenters. The first kappa shape index (κ1) is 25.3. The van der Waals surface area contributed by atoms with Crippen molar-refractivity contribution in [2.75, 3.05) is 20.6 Å². The second kappa shape index (κ2) is 12.1. The smallest absolute Gasteiger partial charge is 0.215 e.